The van der Waals surface area contributed by atoms with E-state index in [9.17, 15) is 8.42 Å². The first-order valence-electron chi connectivity index (χ1n) is 5.76. The summed E-state index contributed by atoms with van der Waals surface area (Å²) in [4.78, 5) is 0. The number of hydrogen-bond donors (Lipinski definition) is 1. The van der Waals surface area contributed by atoms with Crippen LogP contribution in [-0.2, 0) is 10.0 Å². The van der Waals surface area contributed by atoms with E-state index in [-0.39, 0.29) is 0 Å². The van der Waals surface area contributed by atoms with Crippen molar-refractivity contribution in [2.45, 2.75) is 0 Å². The minimum Gasteiger partial charge on any atom is -0.284 e. The molecule has 7 nitrogen and oxygen atoms in total. The molecule has 8 heteroatoms. The molecule has 2 aromatic heterocycles. The van der Waals surface area contributed by atoms with Gasteiger partial charge >= 0.3 is 0 Å². The first kappa shape index (κ1) is 12.5. The van der Waals surface area contributed by atoms with E-state index in [1.54, 1.807) is 28.8 Å². The molecule has 0 bridgehead atoms. The molecule has 1 aromatic carbocycles. The van der Waals surface area contributed by atoms with Crippen molar-refractivity contribution in [3.63, 3.8) is 0 Å². The zero-order chi connectivity index (χ0) is 14.2. The number of rotatable bonds is 3. The van der Waals surface area contributed by atoms with Gasteiger partial charge in [0.15, 0.2) is 5.65 Å². The number of sulfonamides is 1. The average Bonchev–Trinajstić information content (AvgIpc) is 2.84. The van der Waals surface area contributed by atoms with E-state index in [2.05, 4.69) is 20.0 Å². The maximum Gasteiger partial charge on any atom is 0.229 e. The second-order valence-electron chi connectivity index (χ2n) is 4.31. The second kappa shape index (κ2) is 4.57. The third-order valence-corrected chi connectivity index (χ3v) is 3.23. The zero-order valence-electron chi connectivity index (χ0n) is 10.6. The molecule has 1 N–H and O–H groups in total. The molecule has 0 saturated heterocycles. The van der Waals surface area contributed by atoms with Gasteiger partial charge in [0.2, 0.25) is 10.0 Å². The lowest BCUT2D eigenvalue weighted by atomic mass is 10.1. The summed E-state index contributed by atoms with van der Waals surface area (Å²) < 4.78 is 26.5. The van der Waals surface area contributed by atoms with Crippen LogP contribution in [0.15, 0.2) is 42.7 Å². The highest BCUT2D eigenvalue weighted by Crippen LogP contribution is 2.21. The van der Waals surface area contributed by atoms with Crippen LogP contribution in [-0.4, -0.2) is 34.5 Å². The molecule has 20 heavy (non-hydrogen) atoms. The number of aromatic nitrogens is 4. The maximum atomic E-state index is 11.2. The lowest BCUT2D eigenvalue weighted by Crippen LogP contribution is -2.09. The summed E-state index contributed by atoms with van der Waals surface area (Å²) in [5.74, 6) is 0. The van der Waals surface area contributed by atoms with Crippen LogP contribution in [0, 0.1) is 0 Å². The largest absolute Gasteiger partial charge is 0.284 e. The van der Waals surface area contributed by atoms with Gasteiger partial charge in [-0.1, -0.05) is 12.1 Å². The average molecular weight is 289 g/mol. The molecule has 102 valence electrons. The van der Waals surface area contributed by atoms with Gasteiger partial charge in [-0.2, -0.15) is 9.61 Å². The molecule has 0 atom stereocenters. The monoisotopic (exact) mass is 289 g/mol. The molecular formula is C12H11N5O2S. The standard InChI is InChI=1S/C12H11N5O2S/c1-20(18,19)16-10-4-2-3-9(7-10)11-5-6-12-14-13-8-17(12)15-11/h2-8,16H,1H3. The Balaban J connectivity index is 2.03. The van der Waals surface area contributed by atoms with Crippen LogP contribution in [0.2, 0.25) is 0 Å². The minimum atomic E-state index is -3.30. The molecular weight excluding hydrogens is 278 g/mol. The molecule has 0 spiro atoms. The first-order chi connectivity index (χ1) is 9.51. The number of benzene rings is 1. The van der Waals surface area contributed by atoms with Crippen molar-refractivity contribution in [1.29, 1.82) is 0 Å². The van der Waals surface area contributed by atoms with Gasteiger partial charge < -0.3 is 0 Å². The van der Waals surface area contributed by atoms with Crippen LogP contribution in [0.4, 0.5) is 5.69 Å². The number of hydrogen-bond acceptors (Lipinski definition) is 5. The highest BCUT2D eigenvalue weighted by Gasteiger charge is 2.06. The van der Waals surface area contributed by atoms with Gasteiger partial charge in [0.25, 0.3) is 0 Å². The van der Waals surface area contributed by atoms with Gasteiger partial charge in [-0.15, -0.1) is 10.2 Å². The quantitative estimate of drug-likeness (QED) is 0.781. The SMILES string of the molecule is CS(=O)(=O)Nc1cccc(-c2ccc3nncn3n2)c1. The van der Waals surface area contributed by atoms with Crippen molar-refractivity contribution in [3.05, 3.63) is 42.7 Å². The van der Waals surface area contributed by atoms with Crippen molar-refractivity contribution in [2.75, 3.05) is 11.0 Å². The van der Waals surface area contributed by atoms with E-state index in [1.807, 2.05) is 12.1 Å². The van der Waals surface area contributed by atoms with E-state index in [0.717, 1.165) is 11.8 Å². The minimum absolute atomic E-state index is 0.496. The third-order valence-electron chi connectivity index (χ3n) is 2.62. The Kier molecular flexibility index (Phi) is 2.87. The third kappa shape index (κ3) is 2.59. The van der Waals surface area contributed by atoms with Crippen LogP contribution in [0.25, 0.3) is 16.9 Å². The Bertz CT molecular complexity index is 872. The zero-order valence-corrected chi connectivity index (χ0v) is 11.4. The molecule has 0 unspecified atom stereocenters. The second-order valence-corrected chi connectivity index (χ2v) is 6.06. The maximum absolute atomic E-state index is 11.2. The fourth-order valence-corrected chi connectivity index (χ4v) is 2.39. The molecule has 0 fully saturated rings. The molecule has 0 saturated carbocycles. The summed E-state index contributed by atoms with van der Waals surface area (Å²) in [6.07, 6.45) is 2.62. The van der Waals surface area contributed by atoms with Crippen molar-refractivity contribution in [3.8, 4) is 11.3 Å². The Morgan fingerprint density at radius 3 is 2.85 bits per heavy atom. The van der Waals surface area contributed by atoms with E-state index >= 15 is 0 Å². The van der Waals surface area contributed by atoms with Crippen LogP contribution in [0.1, 0.15) is 0 Å². The Morgan fingerprint density at radius 1 is 1.20 bits per heavy atom. The highest BCUT2D eigenvalue weighted by atomic mass is 32.2. The Hall–Kier alpha value is -2.48. The van der Waals surface area contributed by atoms with Gasteiger partial charge in [0, 0.05) is 11.3 Å². The van der Waals surface area contributed by atoms with Crippen LogP contribution < -0.4 is 4.72 Å². The van der Waals surface area contributed by atoms with Gasteiger partial charge in [-0.05, 0) is 24.3 Å². The van der Waals surface area contributed by atoms with Gasteiger partial charge in [0.1, 0.15) is 6.33 Å². The van der Waals surface area contributed by atoms with Crippen LogP contribution in [0.5, 0.6) is 0 Å². The topological polar surface area (TPSA) is 89.2 Å². The normalized spacial score (nSPS) is 11.7. The molecule has 3 rings (SSSR count). The molecule has 0 aliphatic rings. The number of fused-ring (bicyclic) bond motifs is 1. The molecule has 3 aromatic rings. The number of nitrogens with zero attached hydrogens (tertiary/aromatic N) is 4. The van der Waals surface area contributed by atoms with E-state index in [4.69, 9.17) is 0 Å². The molecule has 2 heterocycles. The fourth-order valence-electron chi connectivity index (χ4n) is 1.84. The summed E-state index contributed by atoms with van der Waals surface area (Å²) in [5, 5.41) is 12.0. The van der Waals surface area contributed by atoms with Gasteiger partial charge in [0.05, 0.1) is 11.9 Å². The van der Waals surface area contributed by atoms with E-state index < -0.39 is 10.0 Å². The predicted octanol–water partition coefficient (Wildman–Crippen LogP) is 1.16. The molecule has 0 aliphatic heterocycles. The molecule has 0 amide bonds. The fraction of sp³-hybridized carbons (Fsp3) is 0.0833. The van der Waals surface area contributed by atoms with E-state index in [0.29, 0.717) is 17.0 Å². The van der Waals surface area contributed by atoms with Crippen molar-refractivity contribution < 1.29 is 8.42 Å². The molecule has 0 radical (unpaired) electrons. The predicted molar refractivity (Wildman–Crippen MR) is 74.7 cm³/mol. The summed E-state index contributed by atoms with van der Waals surface area (Å²) in [6, 6.07) is 10.6. The number of nitrogens with one attached hydrogen (secondary N) is 1. The first-order valence-corrected chi connectivity index (χ1v) is 7.66. The molecule has 0 aliphatic carbocycles. The number of anilines is 1. The summed E-state index contributed by atoms with van der Waals surface area (Å²) in [7, 11) is -3.30. The lowest BCUT2D eigenvalue weighted by Gasteiger charge is -2.06. The van der Waals surface area contributed by atoms with Crippen molar-refractivity contribution in [2.24, 2.45) is 0 Å². The summed E-state index contributed by atoms with van der Waals surface area (Å²) >= 11 is 0. The van der Waals surface area contributed by atoms with Gasteiger partial charge in [-0.25, -0.2) is 8.42 Å². The van der Waals surface area contributed by atoms with Crippen LogP contribution >= 0.6 is 0 Å². The smallest absolute Gasteiger partial charge is 0.229 e. The Labute approximate surface area is 115 Å². The van der Waals surface area contributed by atoms with Crippen molar-refractivity contribution >= 4 is 21.4 Å². The highest BCUT2D eigenvalue weighted by molar-refractivity contribution is 7.92. The summed E-state index contributed by atoms with van der Waals surface area (Å²) in [6.45, 7) is 0. The van der Waals surface area contributed by atoms with Crippen LogP contribution in [0.3, 0.4) is 0 Å². The Morgan fingerprint density at radius 2 is 2.05 bits per heavy atom. The van der Waals surface area contributed by atoms with Gasteiger partial charge in [-0.3, -0.25) is 4.72 Å². The lowest BCUT2D eigenvalue weighted by molar-refractivity contribution is 0.607. The van der Waals surface area contributed by atoms with E-state index in [1.165, 1.54) is 6.33 Å². The summed E-state index contributed by atoms with van der Waals surface area (Å²) in [5.41, 5.74) is 2.65. The van der Waals surface area contributed by atoms with Crippen molar-refractivity contribution in [1.82, 2.24) is 19.8 Å².